The summed E-state index contributed by atoms with van der Waals surface area (Å²) in [6.45, 7) is 5.71. The van der Waals surface area contributed by atoms with Crippen molar-refractivity contribution in [1.29, 1.82) is 0 Å². The van der Waals surface area contributed by atoms with Crippen molar-refractivity contribution in [2.24, 2.45) is 5.92 Å². The first-order valence-electron chi connectivity index (χ1n) is 6.08. The van der Waals surface area contributed by atoms with Crippen molar-refractivity contribution in [1.82, 2.24) is 4.98 Å². The highest BCUT2D eigenvalue weighted by Crippen LogP contribution is 2.42. The highest BCUT2D eigenvalue weighted by Gasteiger charge is 2.37. The van der Waals surface area contributed by atoms with Gasteiger partial charge in [0.1, 0.15) is 5.60 Å². The van der Waals surface area contributed by atoms with Crippen LogP contribution in [0.5, 0.6) is 0 Å². The first-order chi connectivity index (χ1) is 7.96. The monoisotopic (exact) mass is 233 g/mol. The minimum absolute atomic E-state index is 0.0577. The van der Waals surface area contributed by atoms with Crippen LogP contribution in [0, 0.1) is 5.92 Å². The highest BCUT2D eigenvalue weighted by atomic mass is 16.6. The fraction of sp³-hybridized carbons (Fsp3) is 0.571. The van der Waals surface area contributed by atoms with Crippen LogP contribution >= 0.6 is 0 Å². The van der Waals surface area contributed by atoms with Crippen LogP contribution in [0.2, 0.25) is 0 Å². The van der Waals surface area contributed by atoms with E-state index in [1.165, 1.54) is 5.56 Å². The van der Waals surface area contributed by atoms with Gasteiger partial charge < -0.3 is 4.74 Å². The number of aromatic nitrogens is 1. The second kappa shape index (κ2) is 4.47. The molecule has 3 nitrogen and oxygen atoms in total. The number of hydrogen-bond acceptors (Lipinski definition) is 3. The van der Waals surface area contributed by atoms with Gasteiger partial charge in [0, 0.05) is 12.4 Å². The van der Waals surface area contributed by atoms with Gasteiger partial charge in [-0.05, 0) is 51.2 Å². The molecule has 2 rings (SSSR count). The molecule has 1 saturated carbocycles. The van der Waals surface area contributed by atoms with E-state index in [1.54, 1.807) is 6.20 Å². The third kappa shape index (κ3) is 3.05. The zero-order valence-corrected chi connectivity index (χ0v) is 10.6. The van der Waals surface area contributed by atoms with E-state index in [-0.39, 0.29) is 17.5 Å². The summed E-state index contributed by atoms with van der Waals surface area (Å²) in [6.07, 6.45) is 5.44. The Morgan fingerprint density at radius 1 is 1.41 bits per heavy atom. The first-order valence-corrected chi connectivity index (χ1v) is 6.08. The number of pyridine rings is 1. The zero-order valence-electron chi connectivity index (χ0n) is 10.6. The lowest BCUT2D eigenvalue weighted by molar-refractivity contribution is -0.163. The summed E-state index contributed by atoms with van der Waals surface area (Å²) in [6, 6.07) is 4.01. The molecule has 0 saturated heterocycles. The molecule has 17 heavy (non-hydrogen) atoms. The number of carbonyl (C=O) groups excluding carboxylic acids is 1. The molecule has 0 aromatic carbocycles. The Balaban J connectivity index is 1.85. The SMILES string of the molecule is CC(C)(C)OC(=O)C1CC(c2cccnc2)C1. The minimum Gasteiger partial charge on any atom is -0.460 e. The van der Waals surface area contributed by atoms with Crippen molar-refractivity contribution >= 4 is 5.97 Å². The van der Waals surface area contributed by atoms with Crippen LogP contribution in [0.1, 0.15) is 45.1 Å². The number of hydrogen-bond donors (Lipinski definition) is 0. The van der Waals surface area contributed by atoms with Gasteiger partial charge in [-0.15, -0.1) is 0 Å². The molecule has 92 valence electrons. The molecule has 0 aliphatic heterocycles. The molecule has 1 fully saturated rings. The van der Waals surface area contributed by atoms with Gasteiger partial charge >= 0.3 is 5.97 Å². The maximum atomic E-state index is 11.8. The number of ether oxygens (including phenoxy) is 1. The average molecular weight is 233 g/mol. The predicted octanol–water partition coefficient (Wildman–Crippen LogP) is 2.92. The third-order valence-corrected chi connectivity index (χ3v) is 3.03. The van der Waals surface area contributed by atoms with Crippen molar-refractivity contribution < 1.29 is 9.53 Å². The Morgan fingerprint density at radius 3 is 2.65 bits per heavy atom. The largest absolute Gasteiger partial charge is 0.460 e. The topological polar surface area (TPSA) is 39.2 Å². The summed E-state index contributed by atoms with van der Waals surface area (Å²) in [5.74, 6) is 0.485. The molecule has 1 aliphatic carbocycles. The standard InChI is InChI=1S/C14H19NO2/c1-14(2,3)17-13(16)12-7-11(8-12)10-5-4-6-15-9-10/h4-6,9,11-12H,7-8H2,1-3H3. The summed E-state index contributed by atoms with van der Waals surface area (Å²) in [4.78, 5) is 15.9. The Hall–Kier alpha value is -1.38. The Bertz CT molecular complexity index is 388. The van der Waals surface area contributed by atoms with Gasteiger partial charge in [0.05, 0.1) is 5.92 Å². The lowest BCUT2D eigenvalue weighted by Gasteiger charge is -2.35. The first kappa shape index (κ1) is 12.1. The van der Waals surface area contributed by atoms with Crippen molar-refractivity contribution in [2.45, 2.75) is 45.1 Å². The van der Waals surface area contributed by atoms with Crippen molar-refractivity contribution in [3.63, 3.8) is 0 Å². The fourth-order valence-corrected chi connectivity index (χ4v) is 2.09. The van der Waals surface area contributed by atoms with Gasteiger partial charge in [0.25, 0.3) is 0 Å². The lowest BCUT2D eigenvalue weighted by Crippen LogP contribution is -2.35. The van der Waals surface area contributed by atoms with E-state index in [1.807, 2.05) is 33.0 Å². The molecular weight excluding hydrogens is 214 g/mol. The minimum atomic E-state index is -0.378. The van der Waals surface area contributed by atoms with Gasteiger partial charge in [0.2, 0.25) is 0 Å². The molecule has 1 aromatic rings. The van der Waals surface area contributed by atoms with E-state index >= 15 is 0 Å². The quantitative estimate of drug-likeness (QED) is 0.737. The maximum Gasteiger partial charge on any atom is 0.309 e. The molecule has 0 atom stereocenters. The molecule has 0 amide bonds. The zero-order chi connectivity index (χ0) is 12.5. The van der Waals surface area contributed by atoms with Gasteiger partial charge in [-0.25, -0.2) is 0 Å². The van der Waals surface area contributed by atoms with Crippen LogP contribution in [0.4, 0.5) is 0 Å². The molecule has 3 heteroatoms. The molecular formula is C14H19NO2. The second-order valence-corrected chi connectivity index (χ2v) is 5.69. The van der Waals surface area contributed by atoms with Crippen molar-refractivity contribution in [3.8, 4) is 0 Å². The van der Waals surface area contributed by atoms with Crippen molar-refractivity contribution in [3.05, 3.63) is 30.1 Å². The number of rotatable bonds is 2. The van der Waals surface area contributed by atoms with Crippen LogP contribution in [0.3, 0.4) is 0 Å². The summed E-state index contributed by atoms with van der Waals surface area (Å²) in [7, 11) is 0. The lowest BCUT2D eigenvalue weighted by atomic mass is 9.72. The van der Waals surface area contributed by atoms with Gasteiger partial charge in [0.15, 0.2) is 0 Å². The van der Waals surface area contributed by atoms with Crippen LogP contribution < -0.4 is 0 Å². The normalized spacial score (nSPS) is 23.9. The fourth-order valence-electron chi connectivity index (χ4n) is 2.09. The Labute approximate surface area is 102 Å². The van der Waals surface area contributed by atoms with Crippen molar-refractivity contribution in [2.75, 3.05) is 0 Å². The number of nitrogens with zero attached hydrogens (tertiary/aromatic N) is 1. The molecule has 0 bridgehead atoms. The maximum absolute atomic E-state index is 11.8. The van der Waals surface area contributed by atoms with Crippen LogP contribution in [-0.4, -0.2) is 16.6 Å². The number of esters is 1. The Morgan fingerprint density at radius 2 is 2.12 bits per heavy atom. The van der Waals surface area contributed by atoms with Gasteiger partial charge in [-0.2, -0.15) is 0 Å². The summed E-state index contributed by atoms with van der Waals surface area (Å²) < 4.78 is 5.37. The Kier molecular flexibility index (Phi) is 3.18. The number of carbonyl (C=O) groups is 1. The summed E-state index contributed by atoms with van der Waals surface area (Å²) in [5.41, 5.74) is 0.850. The van der Waals surface area contributed by atoms with Gasteiger partial charge in [-0.1, -0.05) is 6.07 Å². The molecule has 1 heterocycles. The van der Waals surface area contributed by atoms with E-state index in [9.17, 15) is 4.79 Å². The van der Waals surface area contributed by atoms with E-state index < -0.39 is 0 Å². The molecule has 1 aromatic heterocycles. The van der Waals surface area contributed by atoms with E-state index in [2.05, 4.69) is 11.1 Å². The molecule has 0 unspecified atom stereocenters. The van der Waals surface area contributed by atoms with Gasteiger partial charge in [-0.3, -0.25) is 9.78 Å². The molecule has 0 N–H and O–H groups in total. The highest BCUT2D eigenvalue weighted by molar-refractivity contribution is 5.74. The summed E-state index contributed by atoms with van der Waals surface area (Å²) >= 11 is 0. The van der Waals surface area contributed by atoms with Crippen LogP contribution in [0.25, 0.3) is 0 Å². The van der Waals surface area contributed by atoms with Crippen LogP contribution in [-0.2, 0) is 9.53 Å². The van der Waals surface area contributed by atoms with Crippen LogP contribution in [0.15, 0.2) is 24.5 Å². The molecule has 0 spiro atoms. The third-order valence-electron chi connectivity index (χ3n) is 3.03. The van der Waals surface area contributed by atoms with E-state index in [0.29, 0.717) is 5.92 Å². The summed E-state index contributed by atoms with van der Waals surface area (Å²) in [5, 5.41) is 0. The van der Waals surface area contributed by atoms with E-state index in [0.717, 1.165) is 12.8 Å². The smallest absolute Gasteiger partial charge is 0.309 e. The molecule has 0 radical (unpaired) electrons. The predicted molar refractivity (Wildman–Crippen MR) is 65.5 cm³/mol. The second-order valence-electron chi connectivity index (χ2n) is 5.69. The molecule has 1 aliphatic rings. The van der Waals surface area contributed by atoms with E-state index in [4.69, 9.17) is 4.74 Å². The average Bonchev–Trinajstić information content (AvgIpc) is 2.14.